The van der Waals surface area contributed by atoms with Crippen molar-refractivity contribution in [3.63, 3.8) is 0 Å². The standard InChI is InChI=1S/C21H30N2O5/c1-14-11-21(14,13-20(2,3)4)18(26)28-10-9-22-19(27)23-12-15-5-7-16(8-6-15)17(24)25/h5-8,14H,9-13H2,1-4H3,(H,24,25)(H2,22,23,27). The summed E-state index contributed by atoms with van der Waals surface area (Å²) in [4.78, 5) is 35.1. The molecule has 1 aromatic carbocycles. The van der Waals surface area contributed by atoms with E-state index in [4.69, 9.17) is 9.84 Å². The molecule has 154 valence electrons. The van der Waals surface area contributed by atoms with Crippen LogP contribution < -0.4 is 10.6 Å². The first-order chi connectivity index (χ1) is 13.0. The van der Waals surface area contributed by atoms with E-state index in [1.54, 1.807) is 12.1 Å². The van der Waals surface area contributed by atoms with E-state index in [1.807, 2.05) is 0 Å². The Kier molecular flexibility index (Phi) is 6.69. The lowest BCUT2D eigenvalue weighted by Gasteiger charge is -2.25. The summed E-state index contributed by atoms with van der Waals surface area (Å²) in [5.74, 6) is -0.824. The molecule has 0 heterocycles. The molecule has 1 aliphatic carbocycles. The minimum Gasteiger partial charge on any atom is -0.478 e. The van der Waals surface area contributed by atoms with Crippen LogP contribution in [0.4, 0.5) is 4.79 Å². The van der Waals surface area contributed by atoms with Gasteiger partial charge in [-0.15, -0.1) is 0 Å². The molecule has 2 amide bonds. The molecule has 0 saturated heterocycles. The van der Waals surface area contributed by atoms with Gasteiger partial charge in [-0.05, 0) is 41.9 Å². The summed E-state index contributed by atoms with van der Waals surface area (Å²) in [6, 6.07) is 5.91. The second-order valence-electron chi connectivity index (χ2n) is 8.75. The summed E-state index contributed by atoms with van der Waals surface area (Å²) in [5.41, 5.74) is 0.676. The molecule has 0 aromatic heterocycles. The van der Waals surface area contributed by atoms with Gasteiger partial charge < -0.3 is 20.5 Å². The van der Waals surface area contributed by atoms with Crippen LogP contribution >= 0.6 is 0 Å². The highest BCUT2D eigenvalue weighted by Crippen LogP contribution is 2.59. The third kappa shape index (κ3) is 5.97. The van der Waals surface area contributed by atoms with Gasteiger partial charge in [0.15, 0.2) is 0 Å². The fraction of sp³-hybridized carbons (Fsp3) is 0.571. The zero-order chi connectivity index (χ0) is 20.9. The van der Waals surface area contributed by atoms with Gasteiger partial charge in [0.2, 0.25) is 0 Å². The molecular formula is C21H30N2O5. The van der Waals surface area contributed by atoms with Crippen molar-refractivity contribution in [2.45, 2.75) is 47.1 Å². The molecular weight excluding hydrogens is 360 g/mol. The minimum atomic E-state index is -0.989. The molecule has 7 nitrogen and oxygen atoms in total. The number of ether oxygens (including phenoxy) is 1. The molecule has 1 saturated carbocycles. The molecule has 2 atom stereocenters. The number of hydrogen-bond donors (Lipinski definition) is 3. The van der Waals surface area contributed by atoms with E-state index >= 15 is 0 Å². The third-order valence-electron chi connectivity index (χ3n) is 4.98. The first-order valence-corrected chi connectivity index (χ1v) is 9.55. The first-order valence-electron chi connectivity index (χ1n) is 9.55. The maximum Gasteiger partial charge on any atom is 0.335 e. The van der Waals surface area contributed by atoms with Gasteiger partial charge in [0.1, 0.15) is 6.61 Å². The van der Waals surface area contributed by atoms with Crippen LogP contribution in [0.3, 0.4) is 0 Å². The fourth-order valence-corrected chi connectivity index (χ4v) is 3.50. The van der Waals surface area contributed by atoms with Crippen molar-refractivity contribution in [2.75, 3.05) is 13.2 Å². The first kappa shape index (κ1) is 21.7. The number of esters is 1. The molecule has 1 aromatic rings. The van der Waals surface area contributed by atoms with Gasteiger partial charge in [-0.25, -0.2) is 9.59 Å². The predicted molar refractivity (Wildman–Crippen MR) is 105 cm³/mol. The monoisotopic (exact) mass is 390 g/mol. The summed E-state index contributed by atoms with van der Waals surface area (Å²) in [6.07, 6.45) is 1.66. The SMILES string of the molecule is CC1CC1(CC(C)(C)C)C(=O)OCCNC(=O)NCc1ccc(C(=O)O)cc1. The molecule has 3 N–H and O–H groups in total. The predicted octanol–water partition coefficient (Wildman–Crippen LogP) is 3.19. The Morgan fingerprint density at radius 1 is 1.18 bits per heavy atom. The van der Waals surface area contributed by atoms with Crippen molar-refractivity contribution in [3.8, 4) is 0 Å². The van der Waals surface area contributed by atoms with Gasteiger partial charge in [0.05, 0.1) is 17.5 Å². The third-order valence-corrected chi connectivity index (χ3v) is 4.98. The number of amides is 2. The second-order valence-corrected chi connectivity index (χ2v) is 8.75. The highest BCUT2D eigenvalue weighted by molar-refractivity contribution is 5.87. The number of carboxylic acid groups (broad SMARTS) is 1. The number of urea groups is 1. The van der Waals surface area contributed by atoms with Crippen molar-refractivity contribution in [1.29, 1.82) is 0 Å². The Morgan fingerprint density at radius 3 is 2.29 bits per heavy atom. The summed E-state index contributed by atoms with van der Waals surface area (Å²) < 4.78 is 5.40. The van der Waals surface area contributed by atoms with Crippen molar-refractivity contribution in [2.24, 2.45) is 16.7 Å². The van der Waals surface area contributed by atoms with E-state index < -0.39 is 5.97 Å². The fourth-order valence-electron chi connectivity index (χ4n) is 3.50. The minimum absolute atomic E-state index is 0.0601. The summed E-state index contributed by atoms with van der Waals surface area (Å²) >= 11 is 0. The summed E-state index contributed by atoms with van der Waals surface area (Å²) in [5, 5.41) is 14.2. The highest BCUT2D eigenvalue weighted by Gasteiger charge is 2.59. The Hall–Kier alpha value is -2.57. The highest BCUT2D eigenvalue weighted by atomic mass is 16.5. The molecule has 2 unspecified atom stereocenters. The van der Waals surface area contributed by atoms with Gasteiger partial charge in [-0.3, -0.25) is 4.79 Å². The van der Waals surface area contributed by atoms with Crippen molar-refractivity contribution in [3.05, 3.63) is 35.4 Å². The number of hydrogen-bond acceptors (Lipinski definition) is 4. The van der Waals surface area contributed by atoms with Gasteiger partial charge >= 0.3 is 18.0 Å². The van der Waals surface area contributed by atoms with Crippen LogP contribution in [-0.4, -0.2) is 36.2 Å². The van der Waals surface area contributed by atoms with Crippen LogP contribution in [0, 0.1) is 16.7 Å². The quantitative estimate of drug-likeness (QED) is 0.467. The summed E-state index contributed by atoms with van der Waals surface area (Å²) in [7, 11) is 0. The lowest BCUT2D eigenvalue weighted by molar-refractivity contribution is -0.152. The van der Waals surface area contributed by atoms with Crippen LogP contribution in [0.1, 0.15) is 56.5 Å². The second kappa shape index (κ2) is 8.63. The largest absolute Gasteiger partial charge is 0.478 e. The molecule has 0 bridgehead atoms. The molecule has 1 fully saturated rings. The van der Waals surface area contributed by atoms with Crippen molar-refractivity contribution in [1.82, 2.24) is 10.6 Å². The zero-order valence-corrected chi connectivity index (χ0v) is 17.0. The van der Waals surface area contributed by atoms with Gasteiger partial charge in [0, 0.05) is 6.54 Å². The Balaban J connectivity index is 1.67. The van der Waals surface area contributed by atoms with Crippen LogP contribution in [0.5, 0.6) is 0 Å². The number of rotatable bonds is 8. The number of carboxylic acids is 1. The average molecular weight is 390 g/mol. The van der Waals surface area contributed by atoms with Crippen LogP contribution in [0.15, 0.2) is 24.3 Å². The Bertz CT molecular complexity index is 723. The van der Waals surface area contributed by atoms with Crippen LogP contribution in [0.25, 0.3) is 0 Å². The smallest absolute Gasteiger partial charge is 0.335 e. The topological polar surface area (TPSA) is 105 Å². The number of benzene rings is 1. The lowest BCUT2D eigenvalue weighted by Crippen LogP contribution is -2.37. The molecule has 0 aliphatic heterocycles. The van der Waals surface area contributed by atoms with E-state index in [-0.39, 0.29) is 48.1 Å². The van der Waals surface area contributed by atoms with E-state index in [9.17, 15) is 14.4 Å². The lowest BCUT2D eigenvalue weighted by atomic mass is 9.81. The number of carbonyl (C=O) groups excluding carboxylic acids is 2. The molecule has 28 heavy (non-hydrogen) atoms. The normalized spacial score (nSPS) is 20.9. The van der Waals surface area contributed by atoms with Gasteiger partial charge in [-0.2, -0.15) is 0 Å². The maximum atomic E-state index is 12.5. The Morgan fingerprint density at radius 2 is 1.79 bits per heavy atom. The molecule has 0 radical (unpaired) electrons. The maximum absolute atomic E-state index is 12.5. The van der Waals surface area contributed by atoms with Crippen molar-refractivity contribution < 1.29 is 24.2 Å². The molecule has 7 heteroatoms. The van der Waals surface area contributed by atoms with E-state index in [1.165, 1.54) is 12.1 Å². The zero-order valence-electron chi connectivity index (χ0n) is 17.0. The van der Waals surface area contributed by atoms with Crippen LogP contribution in [-0.2, 0) is 16.1 Å². The molecule has 2 rings (SSSR count). The average Bonchev–Trinajstić information content (AvgIpc) is 3.25. The molecule has 0 spiro atoms. The van der Waals surface area contributed by atoms with E-state index in [2.05, 4.69) is 38.3 Å². The number of carbonyl (C=O) groups is 3. The summed E-state index contributed by atoms with van der Waals surface area (Å²) in [6.45, 7) is 9.07. The van der Waals surface area contributed by atoms with Crippen molar-refractivity contribution >= 4 is 18.0 Å². The Labute approximate surface area is 165 Å². The van der Waals surface area contributed by atoms with E-state index in [0.29, 0.717) is 5.92 Å². The number of aromatic carboxylic acids is 1. The number of nitrogens with one attached hydrogen (secondary N) is 2. The van der Waals surface area contributed by atoms with Gasteiger partial charge in [-0.1, -0.05) is 39.8 Å². The van der Waals surface area contributed by atoms with Crippen LogP contribution in [0.2, 0.25) is 0 Å². The van der Waals surface area contributed by atoms with E-state index in [0.717, 1.165) is 18.4 Å². The molecule has 1 aliphatic rings. The van der Waals surface area contributed by atoms with Gasteiger partial charge in [0.25, 0.3) is 0 Å².